The van der Waals surface area contributed by atoms with E-state index in [-0.39, 0.29) is 27.7 Å². The van der Waals surface area contributed by atoms with E-state index in [2.05, 4.69) is 15.0 Å². The van der Waals surface area contributed by atoms with Gasteiger partial charge in [-0.05, 0) is 37.1 Å². The molecule has 3 rings (SSSR count). The van der Waals surface area contributed by atoms with Gasteiger partial charge in [0.25, 0.3) is 5.91 Å². The molecular weight excluding hydrogens is 408 g/mol. The van der Waals surface area contributed by atoms with Gasteiger partial charge in [0.2, 0.25) is 0 Å². The quantitative estimate of drug-likeness (QED) is 0.322. The molecule has 0 spiro atoms. The number of ether oxygens (including phenoxy) is 2. The topological polar surface area (TPSA) is 97.5 Å². The van der Waals surface area contributed by atoms with E-state index < -0.39 is 0 Å². The van der Waals surface area contributed by atoms with E-state index in [0.29, 0.717) is 47.1 Å². The zero-order valence-electron chi connectivity index (χ0n) is 16.8. The summed E-state index contributed by atoms with van der Waals surface area (Å²) in [5, 5.41) is 3.83. The molecule has 0 saturated carbocycles. The van der Waals surface area contributed by atoms with E-state index >= 15 is 0 Å². The number of aromatic nitrogens is 1. The Hall–Kier alpha value is -3.06. The molecule has 0 bridgehead atoms. The van der Waals surface area contributed by atoms with Gasteiger partial charge in [-0.15, -0.1) is 0 Å². The Balaban J connectivity index is 1.85. The number of benzene rings is 2. The maximum atomic E-state index is 13.0. The van der Waals surface area contributed by atoms with Crippen LogP contribution in [0.15, 0.2) is 35.1 Å². The van der Waals surface area contributed by atoms with Crippen LogP contribution in [0.2, 0.25) is 5.02 Å². The fraction of sp³-hybridized carbons (Fsp3) is 0.318. The molecule has 3 aromatic rings. The summed E-state index contributed by atoms with van der Waals surface area (Å²) in [6.07, 6.45) is 2.57. The molecule has 0 aliphatic carbocycles. The van der Waals surface area contributed by atoms with Crippen LogP contribution in [0, 0.1) is 0 Å². The summed E-state index contributed by atoms with van der Waals surface area (Å²) in [5.41, 5.74) is 0.943. The summed E-state index contributed by atoms with van der Waals surface area (Å²) < 4.78 is 9.96. The van der Waals surface area contributed by atoms with Crippen molar-refractivity contribution in [1.29, 1.82) is 0 Å². The normalized spacial score (nSPS) is 10.9. The van der Waals surface area contributed by atoms with E-state index in [9.17, 15) is 14.4 Å². The molecule has 2 N–H and O–H groups in total. The number of hydrogen-bond donors (Lipinski definition) is 2. The Bertz CT molecular complexity index is 1160. The van der Waals surface area contributed by atoms with E-state index in [4.69, 9.17) is 16.3 Å². The van der Waals surface area contributed by atoms with Gasteiger partial charge in [-0.1, -0.05) is 24.1 Å². The lowest BCUT2D eigenvalue weighted by molar-refractivity contribution is -0.140. The number of carbonyl (C=O) groups is 2. The second kappa shape index (κ2) is 9.63. The van der Waals surface area contributed by atoms with Gasteiger partial charge in [-0.2, -0.15) is 0 Å². The first-order chi connectivity index (χ1) is 14.5. The van der Waals surface area contributed by atoms with Gasteiger partial charge in [0.15, 0.2) is 5.43 Å². The van der Waals surface area contributed by atoms with Crippen LogP contribution in [0.3, 0.4) is 0 Å². The molecule has 7 nitrogen and oxygen atoms in total. The average molecular weight is 431 g/mol. The Morgan fingerprint density at radius 1 is 1.07 bits per heavy atom. The molecule has 1 heterocycles. The van der Waals surface area contributed by atoms with Crippen LogP contribution in [-0.4, -0.2) is 37.6 Å². The molecule has 158 valence electrons. The standard InChI is InChI=1S/C22H23ClN2O5/c1-29-16-8-6-7-13-19(16)25-20-14(10-11-15(23)18(20)21(13)27)22(28)24-12-5-3-4-9-17(26)30-2/h6-8,10-11H,3-5,9,12H2,1-2H3,(H,24,28)(H,25,27). The van der Waals surface area contributed by atoms with E-state index in [1.165, 1.54) is 14.2 Å². The average Bonchev–Trinajstić information content (AvgIpc) is 2.75. The van der Waals surface area contributed by atoms with Crippen molar-refractivity contribution in [3.8, 4) is 5.75 Å². The molecular formula is C22H23ClN2O5. The summed E-state index contributed by atoms with van der Waals surface area (Å²) >= 11 is 6.29. The number of esters is 1. The fourth-order valence-corrected chi connectivity index (χ4v) is 3.61. The molecule has 0 atom stereocenters. The molecule has 8 heteroatoms. The van der Waals surface area contributed by atoms with Crippen LogP contribution in [0.4, 0.5) is 0 Å². The van der Waals surface area contributed by atoms with Crippen molar-refractivity contribution in [1.82, 2.24) is 10.3 Å². The number of rotatable bonds is 8. The second-order valence-electron chi connectivity index (χ2n) is 6.82. The van der Waals surface area contributed by atoms with Crippen molar-refractivity contribution in [3.05, 3.63) is 51.1 Å². The van der Waals surface area contributed by atoms with Gasteiger partial charge in [0.1, 0.15) is 5.75 Å². The van der Waals surface area contributed by atoms with Gasteiger partial charge in [0.05, 0.1) is 41.2 Å². The fourth-order valence-electron chi connectivity index (χ4n) is 3.37. The zero-order chi connectivity index (χ0) is 21.7. The Labute approximate surface area is 178 Å². The summed E-state index contributed by atoms with van der Waals surface area (Å²) in [6.45, 7) is 0.450. The van der Waals surface area contributed by atoms with Crippen molar-refractivity contribution < 1.29 is 19.1 Å². The number of hydrogen-bond acceptors (Lipinski definition) is 5. The van der Waals surface area contributed by atoms with Crippen molar-refractivity contribution in [3.63, 3.8) is 0 Å². The first-order valence-corrected chi connectivity index (χ1v) is 10.0. The minimum absolute atomic E-state index is 0.238. The summed E-state index contributed by atoms with van der Waals surface area (Å²) in [5.74, 6) is -0.0451. The van der Waals surface area contributed by atoms with Crippen molar-refractivity contribution in [2.24, 2.45) is 0 Å². The molecule has 0 unspecified atom stereocenters. The summed E-state index contributed by atoms with van der Waals surface area (Å²) in [7, 11) is 2.88. The minimum Gasteiger partial charge on any atom is -0.495 e. The lowest BCUT2D eigenvalue weighted by Gasteiger charge is -2.12. The molecule has 1 amide bonds. The maximum absolute atomic E-state index is 13.0. The number of fused-ring (bicyclic) bond motifs is 2. The van der Waals surface area contributed by atoms with Crippen molar-refractivity contribution in [2.45, 2.75) is 25.7 Å². The summed E-state index contributed by atoms with van der Waals surface area (Å²) in [6, 6.07) is 8.30. The van der Waals surface area contributed by atoms with E-state index in [1.54, 1.807) is 30.3 Å². The molecule has 2 aromatic carbocycles. The number of nitrogens with one attached hydrogen (secondary N) is 2. The van der Waals surface area contributed by atoms with Crippen LogP contribution in [0.1, 0.15) is 36.0 Å². The first kappa shape index (κ1) is 21.6. The number of methoxy groups -OCH3 is 2. The van der Waals surface area contributed by atoms with Gasteiger partial charge >= 0.3 is 5.97 Å². The number of pyridine rings is 1. The number of H-pyrrole nitrogens is 1. The predicted octanol–water partition coefficient (Wildman–Crippen LogP) is 3.81. The first-order valence-electron chi connectivity index (χ1n) is 9.64. The van der Waals surface area contributed by atoms with Gasteiger partial charge in [-0.25, -0.2) is 0 Å². The van der Waals surface area contributed by atoms with Crippen LogP contribution in [-0.2, 0) is 9.53 Å². The highest BCUT2D eigenvalue weighted by Gasteiger charge is 2.17. The van der Waals surface area contributed by atoms with Crippen LogP contribution < -0.4 is 15.5 Å². The number of halogens is 1. The number of aromatic amines is 1. The van der Waals surface area contributed by atoms with Crippen molar-refractivity contribution in [2.75, 3.05) is 20.8 Å². The van der Waals surface area contributed by atoms with Crippen LogP contribution in [0.5, 0.6) is 5.75 Å². The van der Waals surface area contributed by atoms with Crippen LogP contribution in [0.25, 0.3) is 21.8 Å². The van der Waals surface area contributed by atoms with Gasteiger partial charge in [0, 0.05) is 18.4 Å². The monoisotopic (exact) mass is 430 g/mol. The SMILES string of the molecule is COC(=O)CCCCCNC(=O)c1ccc(Cl)c2c(=O)c3cccc(OC)c3[nH]c12. The smallest absolute Gasteiger partial charge is 0.305 e. The molecule has 30 heavy (non-hydrogen) atoms. The minimum atomic E-state index is -0.311. The molecule has 1 aromatic heterocycles. The highest BCUT2D eigenvalue weighted by molar-refractivity contribution is 6.36. The van der Waals surface area contributed by atoms with Crippen LogP contribution >= 0.6 is 11.6 Å². The Morgan fingerprint density at radius 2 is 1.87 bits per heavy atom. The third-order valence-electron chi connectivity index (χ3n) is 4.94. The van der Waals surface area contributed by atoms with E-state index in [1.807, 2.05) is 0 Å². The summed E-state index contributed by atoms with van der Waals surface area (Å²) in [4.78, 5) is 40.1. The zero-order valence-corrected chi connectivity index (χ0v) is 17.6. The third-order valence-corrected chi connectivity index (χ3v) is 5.25. The lowest BCUT2D eigenvalue weighted by Crippen LogP contribution is -2.25. The number of para-hydroxylation sites is 1. The third kappa shape index (κ3) is 4.41. The van der Waals surface area contributed by atoms with Crippen molar-refractivity contribution >= 4 is 45.3 Å². The molecule has 0 aliphatic heterocycles. The lowest BCUT2D eigenvalue weighted by atomic mass is 10.1. The Morgan fingerprint density at radius 3 is 2.60 bits per heavy atom. The number of carbonyl (C=O) groups excluding carboxylic acids is 2. The highest BCUT2D eigenvalue weighted by atomic mass is 35.5. The molecule has 0 fully saturated rings. The number of unbranched alkanes of at least 4 members (excludes halogenated alkanes) is 2. The Kier molecular flexibility index (Phi) is 6.95. The van der Waals surface area contributed by atoms with Gasteiger partial charge in [-0.3, -0.25) is 14.4 Å². The second-order valence-corrected chi connectivity index (χ2v) is 7.23. The van der Waals surface area contributed by atoms with E-state index in [0.717, 1.165) is 12.8 Å². The maximum Gasteiger partial charge on any atom is 0.305 e. The molecule has 0 radical (unpaired) electrons. The van der Waals surface area contributed by atoms with Gasteiger partial charge < -0.3 is 19.8 Å². The molecule has 0 saturated heterocycles. The number of amides is 1. The largest absolute Gasteiger partial charge is 0.495 e. The molecule has 0 aliphatic rings. The highest BCUT2D eigenvalue weighted by Crippen LogP contribution is 2.28. The predicted molar refractivity (Wildman–Crippen MR) is 116 cm³/mol.